The maximum atomic E-state index is 12.4. The highest BCUT2D eigenvalue weighted by molar-refractivity contribution is 8.02. The number of rotatable bonds is 16. The van der Waals surface area contributed by atoms with Gasteiger partial charge < -0.3 is 56.5 Å². The topological polar surface area (TPSA) is 258 Å². The van der Waals surface area contributed by atoms with Crippen LogP contribution in [0.15, 0.2) is 29.7 Å². The van der Waals surface area contributed by atoms with Crippen molar-refractivity contribution in [3.8, 4) is 0 Å². The van der Waals surface area contributed by atoms with Gasteiger partial charge in [0.05, 0.1) is 13.2 Å². The Kier molecular flexibility index (Phi) is 14.1. The molecule has 41 heavy (non-hydrogen) atoms. The molecule has 0 saturated carbocycles. The van der Waals surface area contributed by atoms with E-state index in [9.17, 15) is 39.6 Å². The second kappa shape index (κ2) is 17.0. The van der Waals surface area contributed by atoms with E-state index in [0.29, 0.717) is 5.56 Å². The van der Waals surface area contributed by atoms with E-state index >= 15 is 0 Å². The van der Waals surface area contributed by atoms with Crippen LogP contribution in [-0.2, 0) is 35.3 Å². The third-order valence-electron chi connectivity index (χ3n) is 5.93. The maximum absolute atomic E-state index is 12.4. The molecule has 0 aliphatic carbocycles. The molecule has 0 aromatic heterocycles. The summed E-state index contributed by atoms with van der Waals surface area (Å²) in [4.78, 5) is 46.2. The number of amides is 2. The molecule has 228 valence electrons. The molecule has 1 heterocycles. The van der Waals surface area contributed by atoms with Gasteiger partial charge in [-0.05, 0) is 29.0 Å². The number of hydrogen-bond acceptors (Lipinski definition) is 12. The summed E-state index contributed by atoms with van der Waals surface area (Å²) >= 11 is 1.17. The van der Waals surface area contributed by atoms with Gasteiger partial charge in [0.1, 0.15) is 43.0 Å². The Balaban J connectivity index is 1.88. The molecule has 15 nitrogen and oxygen atoms in total. The van der Waals surface area contributed by atoms with E-state index in [2.05, 4.69) is 10.6 Å². The number of carbonyl (C=O) groups is 4. The van der Waals surface area contributed by atoms with Crippen molar-refractivity contribution in [1.82, 2.24) is 10.6 Å². The lowest BCUT2D eigenvalue weighted by atomic mass is 9.99. The fourth-order valence-corrected chi connectivity index (χ4v) is 4.32. The maximum Gasteiger partial charge on any atom is 0.322 e. The summed E-state index contributed by atoms with van der Waals surface area (Å²) < 4.78 is 10.8. The van der Waals surface area contributed by atoms with Gasteiger partial charge in [-0.3, -0.25) is 19.2 Å². The number of carboxylic acid groups (broad SMARTS) is 2. The van der Waals surface area contributed by atoms with Crippen molar-refractivity contribution in [2.24, 2.45) is 5.73 Å². The van der Waals surface area contributed by atoms with Crippen LogP contribution in [0.1, 0.15) is 24.0 Å². The number of aliphatic carboxylic acids is 2. The van der Waals surface area contributed by atoms with Crippen LogP contribution in [0.2, 0.25) is 0 Å². The largest absolute Gasteiger partial charge is 0.480 e. The van der Waals surface area contributed by atoms with Crippen molar-refractivity contribution in [2.75, 3.05) is 18.9 Å². The SMILES string of the molecule is N[C@@H](CCC(=O)N[C@@H](CS/C=C\c1ccc(CO[C@@H]2O[C@H](CO)[C@@H](O)[C@H](O)[C@H]2O)cc1)C(=O)NCC(=O)O)C(=O)O. The van der Waals surface area contributed by atoms with Crippen LogP contribution >= 0.6 is 11.8 Å². The molecule has 1 aliphatic rings. The Morgan fingerprint density at radius 2 is 1.76 bits per heavy atom. The first-order valence-corrected chi connectivity index (χ1v) is 13.5. The third-order valence-corrected chi connectivity index (χ3v) is 6.78. The molecule has 1 aromatic rings. The molecule has 10 N–H and O–H groups in total. The summed E-state index contributed by atoms with van der Waals surface area (Å²) in [5.74, 6) is -3.78. The molecule has 2 rings (SSSR count). The van der Waals surface area contributed by atoms with Gasteiger partial charge in [0.2, 0.25) is 11.8 Å². The van der Waals surface area contributed by atoms with Crippen molar-refractivity contribution in [3.63, 3.8) is 0 Å². The molecule has 0 unspecified atom stereocenters. The smallest absolute Gasteiger partial charge is 0.322 e. The first-order chi connectivity index (χ1) is 19.4. The van der Waals surface area contributed by atoms with Crippen LogP contribution < -0.4 is 16.4 Å². The van der Waals surface area contributed by atoms with E-state index < -0.39 is 79.7 Å². The van der Waals surface area contributed by atoms with E-state index in [1.54, 1.807) is 35.7 Å². The summed E-state index contributed by atoms with van der Waals surface area (Å²) in [6.45, 7) is -1.20. The molecule has 1 fully saturated rings. The quantitative estimate of drug-likeness (QED) is 0.0956. The Hall–Kier alpha value is -3.09. The van der Waals surface area contributed by atoms with E-state index in [0.717, 1.165) is 5.56 Å². The molecule has 0 spiro atoms. The Morgan fingerprint density at radius 1 is 1.07 bits per heavy atom. The zero-order valence-electron chi connectivity index (χ0n) is 21.9. The number of thioether (sulfide) groups is 1. The lowest BCUT2D eigenvalue weighted by Gasteiger charge is -2.39. The second-order valence-corrected chi connectivity index (χ2v) is 10.0. The number of ether oxygens (including phenoxy) is 2. The van der Waals surface area contributed by atoms with Crippen molar-refractivity contribution >= 4 is 41.6 Å². The number of hydrogen-bond donors (Lipinski definition) is 9. The predicted octanol–water partition coefficient (Wildman–Crippen LogP) is -2.42. The van der Waals surface area contributed by atoms with Crippen LogP contribution in [0.4, 0.5) is 0 Å². The Morgan fingerprint density at radius 3 is 2.37 bits per heavy atom. The molecule has 16 heteroatoms. The first-order valence-electron chi connectivity index (χ1n) is 12.5. The molecular weight excluding hydrogens is 566 g/mol. The normalized spacial score (nSPS) is 24.0. The lowest BCUT2D eigenvalue weighted by molar-refractivity contribution is -0.304. The minimum absolute atomic E-state index is 0.00559. The van der Waals surface area contributed by atoms with Crippen molar-refractivity contribution < 1.29 is 59.3 Å². The van der Waals surface area contributed by atoms with Gasteiger partial charge in [0.15, 0.2) is 6.29 Å². The standard InChI is InChI=1S/C25H35N3O12S/c26-15(24(37)38)5-6-18(30)28-16(23(36)27-9-19(31)32)12-41-8-7-13-1-3-14(4-2-13)11-39-25-22(35)21(34)20(33)17(10-29)40-25/h1-4,7-8,15-17,20-22,25,29,33-35H,5-6,9-12,26H2,(H,27,36)(H,28,30)(H,31,32)(H,37,38)/b8-7-/t15-,16-,17+,20+,21-,22+,25+/m0/s1. The molecule has 1 aliphatic heterocycles. The molecule has 7 atom stereocenters. The van der Waals surface area contributed by atoms with Gasteiger partial charge in [-0.2, -0.15) is 0 Å². The average Bonchev–Trinajstić information content (AvgIpc) is 2.95. The van der Waals surface area contributed by atoms with Gasteiger partial charge in [0, 0.05) is 12.2 Å². The van der Waals surface area contributed by atoms with Crippen LogP contribution in [0.5, 0.6) is 0 Å². The summed E-state index contributed by atoms with van der Waals surface area (Å²) in [7, 11) is 0. The number of nitrogens with two attached hydrogens (primary N) is 1. The zero-order valence-corrected chi connectivity index (χ0v) is 22.7. The minimum Gasteiger partial charge on any atom is -0.480 e. The molecular formula is C25H35N3O12S. The fourth-order valence-electron chi connectivity index (χ4n) is 3.53. The van der Waals surface area contributed by atoms with Gasteiger partial charge >= 0.3 is 11.9 Å². The predicted molar refractivity (Wildman–Crippen MR) is 144 cm³/mol. The molecule has 1 aromatic carbocycles. The summed E-state index contributed by atoms with van der Waals surface area (Å²) in [5.41, 5.74) is 6.86. The lowest BCUT2D eigenvalue weighted by Crippen LogP contribution is -2.59. The van der Waals surface area contributed by atoms with Gasteiger partial charge in [-0.1, -0.05) is 24.3 Å². The number of nitrogens with one attached hydrogen (secondary N) is 2. The van der Waals surface area contributed by atoms with Gasteiger partial charge in [0.25, 0.3) is 0 Å². The first kappa shape index (κ1) is 34.1. The number of carbonyl (C=O) groups excluding carboxylic acids is 2. The number of benzene rings is 1. The highest BCUT2D eigenvalue weighted by Gasteiger charge is 2.44. The van der Waals surface area contributed by atoms with Crippen LogP contribution in [-0.4, -0.2) is 116 Å². The van der Waals surface area contributed by atoms with Crippen LogP contribution in [0.3, 0.4) is 0 Å². The van der Waals surface area contributed by atoms with Crippen molar-refractivity contribution in [1.29, 1.82) is 0 Å². The minimum atomic E-state index is -1.54. The van der Waals surface area contributed by atoms with Crippen LogP contribution in [0.25, 0.3) is 6.08 Å². The Labute approximate surface area is 239 Å². The van der Waals surface area contributed by atoms with Crippen LogP contribution in [0, 0.1) is 0 Å². The van der Waals surface area contributed by atoms with E-state index in [-0.39, 0.29) is 25.2 Å². The fraction of sp³-hybridized carbons (Fsp3) is 0.520. The van der Waals surface area contributed by atoms with E-state index in [4.69, 9.17) is 25.4 Å². The van der Waals surface area contributed by atoms with E-state index in [1.807, 2.05) is 0 Å². The zero-order chi connectivity index (χ0) is 30.5. The summed E-state index contributed by atoms with van der Waals surface area (Å²) in [6.07, 6.45) is -5.49. The molecule has 0 bridgehead atoms. The third kappa shape index (κ3) is 11.4. The number of carboxylic acids is 2. The molecule has 1 saturated heterocycles. The number of aliphatic hydroxyl groups excluding tert-OH is 4. The summed E-state index contributed by atoms with van der Waals surface area (Å²) in [6, 6.07) is 4.67. The molecule has 0 radical (unpaired) electrons. The van der Waals surface area contributed by atoms with Crippen molar-refractivity contribution in [3.05, 3.63) is 40.8 Å². The van der Waals surface area contributed by atoms with E-state index in [1.165, 1.54) is 11.8 Å². The van der Waals surface area contributed by atoms with Gasteiger partial charge in [-0.25, -0.2) is 0 Å². The average molecular weight is 602 g/mol. The molecule has 2 amide bonds. The summed E-state index contributed by atoms with van der Waals surface area (Å²) in [5, 5.41) is 63.0. The highest BCUT2D eigenvalue weighted by atomic mass is 32.2. The monoisotopic (exact) mass is 601 g/mol. The van der Waals surface area contributed by atoms with Gasteiger partial charge in [-0.15, -0.1) is 11.8 Å². The highest BCUT2D eigenvalue weighted by Crippen LogP contribution is 2.23. The second-order valence-electron chi connectivity index (χ2n) is 9.10. The Bertz CT molecular complexity index is 1050. The number of aliphatic hydroxyl groups is 4. The van der Waals surface area contributed by atoms with Crippen molar-refractivity contribution in [2.45, 2.75) is 62.2 Å².